The number of carbonyl (C=O) groups is 1. The lowest BCUT2D eigenvalue weighted by Gasteiger charge is -2.25. The molecule has 1 aliphatic rings. The van der Waals surface area contributed by atoms with Crippen molar-refractivity contribution in [2.24, 2.45) is 7.05 Å². The van der Waals surface area contributed by atoms with Crippen LogP contribution in [0, 0.1) is 0 Å². The van der Waals surface area contributed by atoms with E-state index < -0.39 is 0 Å². The molecule has 8 heteroatoms. The Balaban J connectivity index is 1.45. The molecule has 1 aromatic heterocycles. The molecule has 1 fully saturated rings. The molecule has 0 aliphatic carbocycles. The Morgan fingerprint density at radius 2 is 2.00 bits per heavy atom. The average Bonchev–Trinajstić information content (AvgIpc) is 3.00. The van der Waals surface area contributed by atoms with Crippen molar-refractivity contribution in [2.75, 3.05) is 32.1 Å². The summed E-state index contributed by atoms with van der Waals surface area (Å²) in [6.45, 7) is 4.66. The van der Waals surface area contributed by atoms with Gasteiger partial charge in [-0.1, -0.05) is 42.1 Å². The van der Waals surface area contributed by atoms with Crippen LogP contribution in [0.3, 0.4) is 0 Å². The first-order valence-electron chi connectivity index (χ1n) is 8.34. The fraction of sp³-hybridized carbons (Fsp3) is 0.471. The third-order valence-corrected chi connectivity index (χ3v) is 5.08. The molecule has 25 heavy (non-hydrogen) atoms. The van der Waals surface area contributed by atoms with E-state index in [9.17, 15) is 4.79 Å². The van der Waals surface area contributed by atoms with Crippen molar-refractivity contribution >= 4 is 17.7 Å². The van der Waals surface area contributed by atoms with Crippen LogP contribution >= 0.6 is 11.8 Å². The molecule has 0 spiro atoms. The summed E-state index contributed by atoms with van der Waals surface area (Å²) < 4.78 is 7.32. The lowest BCUT2D eigenvalue weighted by molar-refractivity contribution is -0.118. The number of hydrogen-bond donors (Lipinski definition) is 1. The van der Waals surface area contributed by atoms with Crippen LogP contribution in [0.25, 0.3) is 0 Å². The van der Waals surface area contributed by atoms with Crippen LogP contribution in [0.2, 0.25) is 0 Å². The van der Waals surface area contributed by atoms with E-state index in [4.69, 9.17) is 4.74 Å². The number of thioether (sulfide) groups is 1. The van der Waals surface area contributed by atoms with Gasteiger partial charge in [-0.3, -0.25) is 9.69 Å². The summed E-state index contributed by atoms with van der Waals surface area (Å²) in [6, 6.07) is 9.88. The molecule has 1 amide bonds. The molecule has 1 aromatic carbocycles. The summed E-state index contributed by atoms with van der Waals surface area (Å²) in [5, 5.41) is 12.2. The first kappa shape index (κ1) is 17.9. The minimum Gasteiger partial charge on any atom is -0.379 e. The summed E-state index contributed by atoms with van der Waals surface area (Å²) >= 11 is 1.41. The molecule has 0 unspecified atom stereocenters. The van der Waals surface area contributed by atoms with Gasteiger partial charge in [-0.2, -0.15) is 0 Å². The molecule has 134 valence electrons. The number of benzene rings is 1. The van der Waals surface area contributed by atoms with E-state index >= 15 is 0 Å². The van der Waals surface area contributed by atoms with E-state index in [0.717, 1.165) is 49.4 Å². The number of aromatic nitrogens is 3. The molecule has 3 rings (SSSR count). The predicted molar refractivity (Wildman–Crippen MR) is 96.1 cm³/mol. The second-order valence-corrected chi connectivity index (χ2v) is 6.84. The first-order chi connectivity index (χ1) is 12.2. The molecule has 0 bridgehead atoms. The summed E-state index contributed by atoms with van der Waals surface area (Å²) in [5.41, 5.74) is 1.09. The SMILES string of the molecule is Cn1c(CN2CCOCC2)nnc1SCC(=O)NCc1ccccc1. The Morgan fingerprint density at radius 1 is 1.24 bits per heavy atom. The molecule has 1 saturated heterocycles. The number of nitrogens with one attached hydrogen (secondary N) is 1. The standard InChI is InChI=1S/C17H23N5O2S/c1-21-15(12-22-7-9-24-10-8-22)19-20-17(21)25-13-16(23)18-11-14-5-3-2-4-6-14/h2-6H,7-13H2,1H3,(H,18,23). The summed E-state index contributed by atoms with van der Waals surface area (Å²) in [4.78, 5) is 14.3. The van der Waals surface area contributed by atoms with Crippen molar-refractivity contribution in [3.05, 3.63) is 41.7 Å². The second-order valence-electron chi connectivity index (χ2n) is 5.90. The first-order valence-corrected chi connectivity index (χ1v) is 9.33. The van der Waals surface area contributed by atoms with Crippen molar-refractivity contribution in [1.82, 2.24) is 25.0 Å². The lowest BCUT2D eigenvalue weighted by atomic mass is 10.2. The van der Waals surface area contributed by atoms with E-state index in [1.807, 2.05) is 41.9 Å². The highest BCUT2D eigenvalue weighted by Crippen LogP contribution is 2.16. The Kier molecular flexibility index (Phi) is 6.43. The zero-order valence-corrected chi connectivity index (χ0v) is 15.2. The quantitative estimate of drug-likeness (QED) is 0.744. The fourth-order valence-corrected chi connectivity index (χ4v) is 3.31. The van der Waals surface area contributed by atoms with Crippen LogP contribution in [-0.4, -0.2) is 57.6 Å². The molecular weight excluding hydrogens is 338 g/mol. The van der Waals surface area contributed by atoms with Gasteiger partial charge in [-0.25, -0.2) is 0 Å². The van der Waals surface area contributed by atoms with Crippen LogP contribution < -0.4 is 5.32 Å². The third kappa shape index (κ3) is 5.29. The van der Waals surface area contributed by atoms with E-state index in [0.29, 0.717) is 12.3 Å². The number of hydrogen-bond acceptors (Lipinski definition) is 6. The molecule has 0 radical (unpaired) electrons. The topological polar surface area (TPSA) is 72.3 Å². The summed E-state index contributed by atoms with van der Waals surface area (Å²) in [7, 11) is 1.94. The Labute approximate surface area is 151 Å². The van der Waals surface area contributed by atoms with Crippen molar-refractivity contribution < 1.29 is 9.53 Å². The van der Waals surface area contributed by atoms with Crippen molar-refractivity contribution in [1.29, 1.82) is 0 Å². The van der Waals surface area contributed by atoms with Gasteiger partial charge < -0.3 is 14.6 Å². The van der Waals surface area contributed by atoms with Gasteiger partial charge in [-0.05, 0) is 5.56 Å². The Bertz CT molecular complexity index is 686. The lowest BCUT2D eigenvalue weighted by Crippen LogP contribution is -2.36. The van der Waals surface area contributed by atoms with Gasteiger partial charge in [0.05, 0.1) is 25.5 Å². The van der Waals surface area contributed by atoms with E-state index in [-0.39, 0.29) is 5.91 Å². The number of rotatable bonds is 7. The molecule has 7 nitrogen and oxygen atoms in total. The van der Waals surface area contributed by atoms with E-state index in [2.05, 4.69) is 20.4 Å². The number of carbonyl (C=O) groups excluding carboxylic acids is 1. The fourth-order valence-electron chi connectivity index (χ4n) is 2.55. The average molecular weight is 361 g/mol. The molecule has 2 aromatic rings. The summed E-state index contributed by atoms with van der Waals surface area (Å²) in [5.74, 6) is 1.23. The van der Waals surface area contributed by atoms with Gasteiger partial charge in [0.15, 0.2) is 5.16 Å². The number of amides is 1. The highest BCUT2D eigenvalue weighted by molar-refractivity contribution is 7.99. The maximum absolute atomic E-state index is 12.0. The Hall–Kier alpha value is -1.90. The van der Waals surface area contributed by atoms with Crippen LogP contribution in [-0.2, 0) is 29.7 Å². The van der Waals surface area contributed by atoms with Crippen molar-refractivity contribution in [3.63, 3.8) is 0 Å². The zero-order valence-electron chi connectivity index (χ0n) is 14.4. The smallest absolute Gasteiger partial charge is 0.230 e. The minimum absolute atomic E-state index is 0.00779. The number of ether oxygens (including phenoxy) is 1. The highest BCUT2D eigenvalue weighted by Gasteiger charge is 2.16. The van der Waals surface area contributed by atoms with Crippen molar-refractivity contribution in [3.8, 4) is 0 Å². The zero-order chi connectivity index (χ0) is 17.5. The van der Waals surface area contributed by atoms with Gasteiger partial charge >= 0.3 is 0 Å². The van der Waals surface area contributed by atoms with Gasteiger partial charge in [-0.15, -0.1) is 10.2 Å². The number of morpholine rings is 1. The van der Waals surface area contributed by atoms with Crippen LogP contribution in [0.4, 0.5) is 0 Å². The van der Waals surface area contributed by atoms with Gasteiger partial charge in [0, 0.05) is 26.7 Å². The van der Waals surface area contributed by atoms with E-state index in [1.165, 1.54) is 11.8 Å². The molecular formula is C17H23N5O2S. The van der Waals surface area contributed by atoms with Gasteiger partial charge in [0.2, 0.25) is 5.91 Å². The van der Waals surface area contributed by atoms with E-state index in [1.54, 1.807) is 0 Å². The molecule has 2 heterocycles. The van der Waals surface area contributed by atoms with Gasteiger partial charge in [0.25, 0.3) is 0 Å². The maximum atomic E-state index is 12.0. The molecule has 1 N–H and O–H groups in total. The van der Waals surface area contributed by atoms with Crippen LogP contribution in [0.15, 0.2) is 35.5 Å². The predicted octanol–water partition coefficient (Wildman–Crippen LogP) is 1.06. The van der Waals surface area contributed by atoms with Crippen LogP contribution in [0.5, 0.6) is 0 Å². The second kappa shape index (κ2) is 8.98. The molecule has 1 aliphatic heterocycles. The molecule has 0 saturated carbocycles. The highest BCUT2D eigenvalue weighted by atomic mass is 32.2. The molecule has 0 atom stereocenters. The normalized spacial score (nSPS) is 15.2. The monoisotopic (exact) mass is 361 g/mol. The number of nitrogens with zero attached hydrogens (tertiary/aromatic N) is 4. The van der Waals surface area contributed by atoms with Crippen molar-refractivity contribution in [2.45, 2.75) is 18.2 Å². The third-order valence-electron chi connectivity index (χ3n) is 4.06. The largest absolute Gasteiger partial charge is 0.379 e. The Morgan fingerprint density at radius 3 is 2.76 bits per heavy atom. The maximum Gasteiger partial charge on any atom is 0.230 e. The van der Waals surface area contributed by atoms with Gasteiger partial charge in [0.1, 0.15) is 5.82 Å². The summed E-state index contributed by atoms with van der Waals surface area (Å²) in [6.07, 6.45) is 0. The van der Waals surface area contributed by atoms with Crippen LogP contribution in [0.1, 0.15) is 11.4 Å². The minimum atomic E-state index is -0.00779.